The molecular weight excluding hydrogens is 240 g/mol. The van der Waals surface area contributed by atoms with Crippen LogP contribution < -0.4 is 10.6 Å². The van der Waals surface area contributed by atoms with E-state index in [1.54, 1.807) is 12.4 Å². The number of anilines is 1. The van der Waals surface area contributed by atoms with Crippen LogP contribution in [0, 0.1) is 6.92 Å². The third-order valence-corrected chi connectivity index (χ3v) is 3.03. The number of hydrogen-bond donors (Lipinski definition) is 2. The summed E-state index contributed by atoms with van der Waals surface area (Å²) in [6.07, 6.45) is 5.37. The summed E-state index contributed by atoms with van der Waals surface area (Å²) in [6.45, 7) is 3.17. The van der Waals surface area contributed by atoms with E-state index in [1.165, 1.54) is 0 Å². The standard InChI is InChI=1S/C14H18N4O/c1-11-13(5-9-18(11)2)14(19)17-8-7-16-12-4-3-6-15-10-12/h3-6,9-10,16H,7-8H2,1-2H3,(H,17,19). The predicted molar refractivity (Wildman–Crippen MR) is 75.2 cm³/mol. The summed E-state index contributed by atoms with van der Waals surface area (Å²) in [4.78, 5) is 15.9. The van der Waals surface area contributed by atoms with E-state index in [2.05, 4.69) is 15.6 Å². The summed E-state index contributed by atoms with van der Waals surface area (Å²) in [7, 11) is 1.93. The fraction of sp³-hybridized carbons (Fsp3) is 0.286. The van der Waals surface area contributed by atoms with E-state index in [0.29, 0.717) is 13.1 Å². The molecule has 100 valence electrons. The Hall–Kier alpha value is -2.30. The van der Waals surface area contributed by atoms with Crippen LogP contribution in [0.1, 0.15) is 16.1 Å². The van der Waals surface area contributed by atoms with Crippen LogP contribution in [0.15, 0.2) is 36.8 Å². The van der Waals surface area contributed by atoms with E-state index < -0.39 is 0 Å². The first-order chi connectivity index (χ1) is 9.18. The molecule has 19 heavy (non-hydrogen) atoms. The highest BCUT2D eigenvalue weighted by atomic mass is 16.1. The molecule has 2 aromatic heterocycles. The van der Waals surface area contributed by atoms with Gasteiger partial charge in [-0.2, -0.15) is 0 Å². The summed E-state index contributed by atoms with van der Waals surface area (Å²) in [5.74, 6) is -0.0360. The molecule has 0 aromatic carbocycles. The molecule has 0 aliphatic carbocycles. The Kier molecular flexibility index (Phi) is 4.18. The number of hydrogen-bond acceptors (Lipinski definition) is 3. The van der Waals surface area contributed by atoms with Crippen LogP contribution >= 0.6 is 0 Å². The first-order valence-electron chi connectivity index (χ1n) is 6.22. The van der Waals surface area contributed by atoms with Crippen LogP contribution in [0.4, 0.5) is 5.69 Å². The molecule has 2 rings (SSSR count). The van der Waals surface area contributed by atoms with Crippen molar-refractivity contribution in [3.63, 3.8) is 0 Å². The molecule has 0 fully saturated rings. The molecule has 0 aliphatic heterocycles. The first-order valence-corrected chi connectivity index (χ1v) is 6.22. The van der Waals surface area contributed by atoms with Crippen LogP contribution in [-0.2, 0) is 7.05 Å². The van der Waals surface area contributed by atoms with Gasteiger partial charge in [-0.05, 0) is 25.1 Å². The van der Waals surface area contributed by atoms with Gasteiger partial charge in [-0.15, -0.1) is 0 Å². The number of rotatable bonds is 5. The van der Waals surface area contributed by atoms with Crippen LogP contribution in [0.25, 0.3) is 0 Å². The molecule has 0 atom stereocenters. The largest absolute Gasteiger partial charge is 0.382 e. The second kappa shape index (κ2) is 6.04. The molecular formula is C14H18N4O. The Balaban J connectivity index is 1.77. The molecule has 2 heterocycles. The van der Waals surface area contributed by atoms with E-state index in [4.69, 9.17) is 0 Å². The molecule has 2 aromatic rings. The minimum absolute atomic E-state index is 0.0360. The zero-order chi connectivity index (χ0) is 13.7. The normalized spacial score (nSPS) is 10.2. The zero-order valence-electron chi connectivity index (χ0n) is 11.2. The van der Waals surface area contributed by atoms with E-state index in [0.717, 1.165) is 16.9 Å². The van der Waals surface area contributed by atoms with Crippen LogP contribution in [0.5, 0.6) is 0 Å². The summed E-state index contributed by atoms with van der Waals surface area (Å²) < 4.78 is 1.93. The smallest absolute Gasteiger partial charge is 0.253 e. The number of nitrogens with zero attached hydrogens (tertiary/aromatic N) is 2. The van der Waals surface area contributed by atoms with Gasteiger partial charge < -0.3 is 15.2 Å². The van der Waals surface area contributed by atoms with Crippen molar-refractivity contribution in [2.24, 2.45) is 7.05 Å². The third kappa shape index (κ3) is 3.34. The van der Waals surface area contributed by atoms with Crippen LogP contribution in [-0.4, -0.2) is 28.5 Å². The van der Waals surface area contributed by atoms with Gasteiger partial charge in [0, 0.05) is 44.4 Å². The van der Waals surface area contributed by atoms with Gasteiger partial charge >= 0.3 is 0 Å². The average molecular weight is 258 g/mol. The van der Waals surface area contributed by atoms with Gasteiger partial charge in [-0.1, -0.05) is 0 Å². The Labute approximate surface area is 112 Å². The molecule has 0 unspecified atom stereocenters. The van der Waals surface area contributed by atoms with E-state index in [-0.39, 0.29) is 5.91 Å². The quantitative estimate of drug-likeness (QED) is 0.800. The van der Waals surface area contributed by atoms with Crippen LogP contribution in [0.3, 0.4) is 0 Å². The lowest BCUT2D eigenvalue weighted by Gasteiger charge is -2.07. The lowest BCUT2D eigenvalue weighted by atomic mass is 10.2. The minimum Gasteiger partial charge on any atom is -0.382 e. The van der Waals surface area contributed by atoms with E-state index in [9.17, 15) is 4.79 Å². The van der Waals surface area contributed by atoms with Gasteiger partial charge in [-0.3, -0.25) is 9.78 Å². The minimum atomic E-state index is -0.0360. The Morgan fingerprint density at radius 1 is 1.37 bits per heavy atom. The number of aromatic nitrogens is 2. The molecule has 0 radical (unpaired) electrons. The van der Waals surface area contributed by atoms with E-state index in [1.807, 2.05) is 42.9 Å². The third-order valence-electron chi connectivity index (χ3n) is 3.03. The maximum absolute atomic E-state index is 11.9. The van der Waals surface area contributed by atoms with Crippen molar-refractivity contribution in [3.05, 3.63) is 48.0 Å². The lowest BCUT2D eigenvalue weighted by Crippen LogP contribution is -2.29. The van der Waals surface area contributed by atoms with Crippen molar-refractivity contribution in [3.8, 4) is 0 Å². The molecule has 5 heteroatoms. The van der Waals surface area contributed by atoms with Crippen molar-refractivity contribution >= 4 is 11.6 Å². The Morgan fingerprint density at radius 3 is 2.84 bits per heavy atom. The summed E-state index contributed by atoms with van der Waals surface area (Å²) in [6, 6.07) is 5.64. The van der Waals surface area contributed by atoms with Crippen molar-refractivity contribution in [1.82, 2.24) is 14.9 Å². The molecule has 0 aliphatic rings. The molecule has 0 saturated carbocycles. The maximum atomic E-state index is 11.9. The van der Waals surface area contributed by atoms with Crippen molar-refractivity contribution in [2.45, 2.75) is 6.92 Å². The van der Waals surface area contributed by atoms with E-state index >= 15 is 0 Å². The summed E-state index contributed by atoms with van der Waals surface area (Å²) >= 11 is 0. The second-order valence-electron chi connectivity index (χ2n) is 4.35. The monoisotopic (exact) mass is 258 g/mol. The molecule has 1 amide bonds. The second-order valence-corrected chi connectivity index (χ2v) is 4.35. The number of aryl methyl sites for hydroxylation is 1. The summed E-state index contributed by atoms with van der Waals surface area (Å²) in [5, 5.41) is 6.08. The van der Waals surface area contributed by atoms with Gasteiger partial charge in [0.05, 0.1) is 11.3 Å². The van der Waals surface area contributed by atoms with Gasteiger partial charge in [0.25, 0.3) is 5.91 Å². The Bertz CT molecular complexity index is 548. The lowest BCUT2D eigenvalue weighted by molar-refractivity contribution is 0.0954. The molecule has 0 bridgehead atoms. The van der Waals surface area contributed by atoms with Gasteiger partial charge in [0.15, 0.2) is 0 Å². The van der Waals surface area contributed by atoms with Crippen LogP contribution in [0.2, 0.25) is 0 Å². The number of nitrogens with one attached hydrogen (secondary N) is 2. The number of pyridine rings is 1. The highest BCUT2D eigenvalue weighted by Gasteiger charge is 2.10. The predicted octanol–water partition coefficient (Wildman–Crippen LogP) is 1.57. The zero-order valence-corrected chi connectivity index (χ0v) is 11.2. The molecule has 0 saturated heterocycles. The average Bonchev–Trinajstić information content (AvgIpc) is 2.76. The van der Waals surface area contributed by atoms with Crippen molar-refractivity contribution in [2.75, 3.05) is 18.4 Å². The SMILES string of the molecule is Cc1c(C(=O)NCCNc2cccnc2)ccn1C. The van der Waals surface area contributed by atoms with Crippen molar-refractivity contribution in [1.29, 1.82) is 0 Å². The molecule has 5 nitrogen and oxygen atoms in total. The summed E-state index contributed by atoms with van der Waals surface area (Å²) in [5.41, 5.74) is 2.65. The highest BCUT2D eigenvalue weighted by molar-refractivity contribution is 5.95. The molecule has 2 N–H and O–H groups in total. The number of carbonyl (C=O) groups is 1. The fourth-order valence-electron chi connectivity index (χ4n) is 1.79. The van der Waals surface area contributed by atoms with Gasteiger partial charge in [0.2, 0.25) is 0 Å². The van der Waals surface area contributed by atoms with Gasteiger partial charge in [-0.25, -0.2) is 0 Å². The molecule has 0 spiro atoms. The topological polar surface area (TPSA) is 59.0 Å². The van der Waals surface area contributed by atoms with Crippen molar-refractivity contribution < 1.29 is 4.79 Å². The van der Waals surface area contributed by atoms with Gasteiger partial charge in [0.1, 0.15) is 0 Å². The first kappa shape index (κ1) is 13.1. The Morgan fingerprint density at radius 2 is 2.21 bits per heavy atom. The number of amides is 1. The maximum Gasteiger partial charge on any atom is 0.253 e. The fourth-order valence-corrected chi connectivity index (χ4v) is 1.79. The number of carbonyl (C=O) groups excluding carboxylic acids is 1. The highest BCUT2D eigenvalue weighted by Crippen LogP contribution is 2.07.